The smallest absolute Gasteiger partial charge is 0.272 e. The van der Waals surface area contributed by atoms with E-state index < -0.39 is 0 Å². The summed E-state index contributed by atoms with van der Waals surface area (Å²) in [5.74, 6) is 1.58. The molecule has 0 N–H and O–H groups in total. The number of hydrogen-bond acceptors (Lipinski definition) is 5. The Hall–Kier alpha value is -2.25. The van der Waals surface area contributed by atoms with Crippen LogP contribution in [0.4, 0.5) is 4.39 Å². The molecule has 0 spiro atoms. The molecule has 27 heavy (non-hydrogen) atoms. The van der Waals surface area contributed by atoms with Gasteiger partial charge in [-0.1, -0.05) is 42.1 Å². The zero-order chi connectivity index (χ0) is 18.8. The summed E-state index contributed by atoms with van der Waals surface area (Å²) in [6.07, 6.45) is 0.773. The zero-order valence-electron chi connectivity index (χ0n) is 14.6. The molecule has 0 fully saturated rings. The molecular formula is C20H17FN2O2S2. The normalized spacial score (nSPS) is 12.8. The Morgan fingerprint density at radius 1 is 1.22 bits per heavy atom. The van der Waals surface area contributed by atoms with Gasteiger partial charge < -0.3 is 4.74 Å². The zero-order valence-corrected chi connectivity index (χ0v) is 16.3. The van der Waals surface area contributed by atoms with Crippen LogP contribution in [0.5, 0.6) is 5.75 Å². The predicted molar refractivity (Wildman–Crippen MR) is 107 cm³/mol. The van der Waals surface area contributed by atoms with Gasteiger partial charge >= 0.3 is 0 Å². The lowest BCUT2D eigenvalue weighted by Crippen LogP contribution is -2.24. The quantitative estimate of drug-likeness (QED) is 0.471. The van der Waals surface area contributed by atoms with Crippen LogP contribution in [0.1, 0.15) is 11.3 Å². The van der Waals surface area contributed by atoms with Gasteiger partial charge in [0.25, 0.3) is 5.56 Å². The number of methoxy groups -OCH3 is 1. The van der Waals surface area contributed by atoms with E-state index in [1.807, 2.05) is 24.3 Å². The molecule has 138 valence electrons. The number of fused-ring (bicyclic) bond motifs is 1. The van der Waals surface area contributed by atoms with E-state index in [-0.39, 0.29) is 11.4 Å². The molecule has 0 aliphatic carbocycles. The molecule has 7 heteroatoms. The van der Waals surface area contributed by atoms with Crippen LogP contribution in [-0.4, -0.2) is 22.4 Å². The van der Waals surface area contributed by atoms with Crippen molar-refractivity contribution in [1.29, 1.82) is 0 Å². The molecule has 1 aliphatic rings. The van der Waals surface area contributed by atoms with Gasteiger partial charge in [-0.25, -0.2) is 9.37 Å². The molecular weight excluding hydrogens is 383 g/mol. The molecule has 0 amide bonds. The minimum atomic E-state index is -0.257. The molecule has 4 rings (SSSR count). The monoisotopic (exact) mass is 400 g/mol. The highest BCUT2D eigenvalue weighted by Crippen LogP contribution is 2.33. The van der Waals surface area contributed by atoms with Crippen LogP contribution >= 0.6 is 23.5 Å². The average Bonchev–Trinajstić information content (AvgIpc) is 3.16. The predicted octanol–water partition coefficient (Wildman–Crippen LogP) is 4.32. The van der Waals surface area contributed by atoms with Gasteiger partial charge in [0, 0.05) is 17.9 Å². The summed E-state index contributed by atoms with van der Waals surface area (Å²) in [6, 6.07) is 14.0. The number of thioether (sulfide) groups is 2. The number of ether oxygens (including phenoxy) is 1. The Labute approximate surface area is 164 Å². The molecule has 0 saturated carbocycles. The first-order chi connectivity index (χ1) is 13.2. The molecule has 4 nitrogen and oxygen atoms in total. The summed E-state index contributed by atoms with van der Waals surface area (Å²) in [5.41, 5.74) is 1.96. The van der Waals surface area contributed by atoms with Crippen LogP contribution in [0.25, 0.3) is 5.69 Å². The van der Waals surface area contributed by atoms with E-state index in [0.717, 1.165) is 17.9 Å². The van der Waals surface area contributed by atoms with E-state index in [4.69, 9.17) is 9.72 Å². The van der Waals surface area contributed by atoms with Crippen LogP contribution < -0.4 is 10.3 Å². The fourth-order valence-corrected chi connectivity index (χ4v) is 5.01. The fourth-order valence-electron chi connectivity index (χ4n) is 2.97. The van der Waals surface area contributed by atoms with Crippen molar-refractivity contribution in [3.8, 4) is 11.4 Å². The Kier molecular flexibility index (Phi) is 5.22. The average molecular weight is 401 g/mol. The first-order valence-corrected chi connectivity index (χ1v) is 10.4. The van der Waals surface area contributed by atoms with E-state index in [9.17, 15) is 9.18 Å². The molecule has 2 heterocycles. The van der Waals surface area contributed by atoms with Crippen LogP contribution in [0, 0.1) is 5.82 Å². The number of para-hydroxylation sites is 2. The van der Waals surface area contributed by atoms with Crippen LogP contribution in [0.15, 0.2) is 63.4 Å². The number of nitrogens with zero attached hydrogens (tertiary/aromatic N) is 2. The van der Waals surface area contributed by atoms with Gasteiger partial charge in [-0.15, -0.1) is 11.8 Å². The second-order valence-corrected chi connectivity index (χ2v) is 8.01. The summed E-state index contributed by atoms with van der Waals surface area (Å²) >= 11 is 2.89. The van der Waals surface area contributed by atoms with Crippen molar-refractivity contribution in [2.45, 2.75) is 22.2 Å². The molecule has 0 radical (unpaired) electrons. The molecule has 1 aromatic heterocycles. The van der Waals surface area contributed by atoms with Crippen molar-refractivity contribution < 1.29 is 9.13 Å². The van der Waals surface area contributed by atoms with Crippen LogP contribution in [-0.2, 0) is 12.2 Å². The highest BCUT2D eigenvalue weighted by atomic mass is 32.2. The lowest BCUT2D eigenvalue weighted by atomic mass is 10.2. The van der Waals surface area contributed by atoms with Crippen molar-refractivity contribution in [1.82, 2.24) is 9.55 Å². The van der Waals surface area contributed by atoms with Gasteiger partial charge in [-0.05, 0) is 23.8 Å². The van der Waals surface area contributed by atoms with Gasteiger partial charge in [0.2, 0.25) is 0 Å². The van der Waals surface area contributed by atoms with E-state index in [2.05, 4.69) is 0 Å². The second-order valence-electron chi connectivity index (χ2n) is 5.96. The van der Waals surface area contributed by atoms with Crippen LogP contribution in [0.2, 0.25) is 0 Å². The van der Waals surface area contributed by atoms with Crippen molar-refractivity contribution in [3.05, 3.63) is 76.0 Å². The van der Waals surface area contributed by atoms with E-state index >= 15 is 0 Å². The Morgan fingerprint density at radius 3 is 2.81 bits per heavy atom. The minimum absolute atomic E-state index is 0.0944. The minimum Gasteiger partial charge on any atom is -0.495 e. The highest BCUT2D eigenvalue weighted by molar-refractivity contribution is 7.99. The number of hydrogen-bond donors (Lipinski definition) is 0. The Balaban J connectivity index is 1.82. The molecule has 0 unspecified atom stereocenters. The van der Waals surface area contributed by atoms with E-state index in [1.54, 1.807) is 29.9 Å². The van der Waals surface area contributed by atoms with Crippen LogP contribution in [0.3, 0.4) is 0 Å². The third kappa shape index (κ3) is 3.49. The van der Waals surface area contributed by atoms with Crippen molar-refractivity contribution in [3.63, 3.8) is 0 Å². The molecule has 3 aromatic rings. The maximum atomic E-state index is 14.0. The maximum Gasteiger partial charge on any atom is 0.272 e. The van der Waals surface area contributed by atoms with Gasteiger partial charge in [0.1, 0.15) is 11.6 Å². The van der Waals surface area contributed by atoms with Crippen molar-refractivity contribution >= 4 is 23.5 Å². The Bertz CT molecular complexity index is 1050. The first-order valence-electron chi connectivity index (χ1n) is 8.47. The maximum absolute atomic E-state index is 14.0. The second kappa shape index (κ2) is 7.78. The van der Waals surface area contributed by atoms with Crippen molar-refractivity contribution in [2.24, 2.45) is 0 Å². The van der Waals surface area contributed by atoms with Gasteiger partial charge in [0.15, 0.2) is 5.16 Å². The van der Waals surface area contributed by atoms with Gasteiger partial charge in [0.05, 0.1) is 23.4 Å². The first kappa shape index (κ1) is 18.1. The number of halogens is 1. The topological polar surface area (TPSA) is 44.1 Å². The van der Waals surface area contributed by atoms with E-state index in [0.29, 0.717) is 32.8 Å². The van der Waals surface area contributed by atoms with E-state index in [1.165, 1.54) is 29.6 Å². The molecule has 0 bridgehead atoms. The standard InChI is InChI=1S/C20H17FN2O2S2/c1-25-17-9-5-4-8-16(17)23-19(24)18-15(10-11-26-18)22-20(23)27-12-13-6-2-3-7-14(13)21/h2-9H,10-12H2,1H3. The molecule has 1 aliphatic heterocycles. The van der Waals surface area contributed by atoms with Crippen molar-refractivity contribution in [2.75, 3.05) is 12.9 Å². The molecule has 0 atom stereocenters. The SMILES string of the molecule is COc1ccccc1-n1c(SCc2ccccc2F)nc2c(c1=O)SCC2. The number of benzene rings is 2. The lowest BCUT2D eigenvalue weighted by Gasteiger charge is -2.16. The molecule has 2 aromatic carbocycles. The number of aryl methyl sites for hydroxylation is 1. The van der Waals surface area contributed by atoms with Gasteiger partial charge in [-0.3, -0.25) is 9.36 Å². The summed E-state index contributed by atoms with van der Waals surface area (Å²) in [7, 11) is 1.57. The van der Waals surface area contributed by atoms with Gasteiger partial charge in [-0.2, -0.15) is 0 Å². The summed E-state index contributed by atoms with van der Waals surface area (Å²) in [6.45, 7) is 0. The summed E-state index contributed by atoms with van der Waals surface area (Å²) < 4.78 is 21.0. The largest absolute Gasteiger partial charge is 0.495 e. The number of aromatic nitrogens is 2. The fraction of sp³-hybridized carbons (Fsp3) is 0.200. The Morgan fingerprint density at radius 2 is 2.00 bits per heavy atom. The highest BCUT2D eigenvalue weighted by Gasteiger charge is 2.24. The number of rotatable bonds is 5. The third-order valence-corrected chi connectivity index (χ3v) is 6.40. The summed E-state index contributed by atoms with van der Waals surface area (Å²) in [4.78, 5) is 18.6. The summed E-state index contributed by atoms with van der Waals surface area (Å²) in [5, 5.41) is 0.550. The lowest BCUT2D eigenvalue weighted by molar-refractivity contribution is 0.411. The third-order valence-electron chi connectivity index (χ3n) is 4.31. The molecule has 0 saturated heterocycles.